The van der Waals surface area contributed by atoms with Crippen molar-refractivity contribution in [3.8, 4) is 6.07 Å². The molecule has 1 N–H and O–H groups in total. The summed E-state index contributed by atoms with van der Waals surface area (Å²) in [6.45, 7) is 0.708. The van der Waals surface area contributed by atoms with Gasteiger partial charge in [0.05, 0.1) is 5.56 Å². The van der Waals surface area contributed by atoms with Crippen molar-refractivity contribution in [3.05, 3.63) is 28.2 Å². The molecule has 1 aromatic rings. The van der Waals surface area contributed by atoms with Gasteiger partial charge in [0.1, 0.15) is 12.1 Å². The number of carboxylic acids is 1. The van der Waals surface area contributed by atoms with Gasteiger partial charge in [-0.2, -0.15) is 17.0 Å². The molecule has 1 saturated heterocycles. The fourth-order valence-corrected chi connectivity index (χ4v) is 3.38. The molecule has 6 heteroatoms. The molecule has 2 rings (SSSR count). The summed E-state index contributed by atoms with van der Waals surface area (Å²) in [7, 11) is 0. The lowest BCUT2D eigenvalue weighted by Crippen LogP contribution is -2.47. The van der Waals surface area contributed by atoms with Gasteiger partial charge in [-0.3, -0.25) is 0 Å². The van der Waals surface area contributed by atoms with Crippen molar-refractivity contribution in [2.45, 2.75) is 6.04 Å². The van der Waals surface area contributed by atoms with Crippen molar-refractivity contribution >= 4 is 39.3 Å². The van der Waals surface area contributed by atoms with Gasteiger partial charge in [0.15, 0.2) is 0 Å². The average molecular weight is 327 g/mol. The van der Waals surface area contributed by atoms with Gasteiger partial charge in [-0.25, -0.2) is 4.79 Å². The molecular formula is C12H11BrN2O2S. The zero-order chi connectivity index (χ0) is 13.1. The Balaban J connectivity index is 2.32. The van der Waals surface area contributed by atoms with Crippen LogP contribution in [0.4, 0.5) is 5.69 Å². The van der Waals surface area contributed by atoms with Crippen LogP contribution in [0.2, 0.25) is 0 Å². The van der Waals surface area contributed by atoms with Crippen LogP contribution in [-0.2, 0) is 4.79 Å². The van der Waals surface area contributed by atoms with Gasteiger partial charge >= 0.3 is 5.97 Å². The number of thioether (sulfide) groups is 1. The maximum Gasteiger partial charge on any atom is 0.327 e. The number of rotatable bonds is 2. The standard InChI is InChI=1S/C12H11BrN2O2S/c13-10-5-9(2-1-8(10)6-14)15-3-4-18-7-11(15)12(16)17/h1-2,5,11H,3-4,7H2,(H,16,17). The van der Waals surface area contributed by atoms with Gasteiger partial charge in [0.25, 0.3) is 0 Å². The van der Waals surface area contributed by atoms with Crippen LogP contribution < -0.4 is 4.90 Å². The summed E-state index contributed by atoms with van der Waals surface area (Å²) in [6, 6.07) is 6.90. The molecule has 1 unspecified atom stereocenters. The molecule has 0 aromatic heterocycles. The van der Waals surface area contributed by atoms with Gasteiger partial charge in [0.2, 0.25) is 0 Å². The van der Waals surface area contributed by atoms with Crippen molar-refractivity contribution in [2.75, 3.05) is 23.0 Å². The topological polar surface area (TPSA) is 64.3 Å². The molecule has 1 fully saturated rings. The summed E-state index contributed by atoms with van der Waals surface area (Å²) in [4.78, 5) is 13.1. The fraction of sp³-hybridized carbons (Fsp3) is 0.333. The highest BCUT2D eigenvalue weighted by Gasteiger charge is 2.29. The van der Waals surface area contributed by atoms with Gasteiger partial charge in [-0.05, 0) is 34.1 Å². The average Bonchev–Trinajstić information content (AvgIpc) is 2.38. The molecule has 1 aromatic carbocycles. The maximum absolute atomic E-state index is 11.2. The highest BCUT2D eigenvalue weighted by Crippen LogP contribution is 2.28. The van der Waals surface area contributed by atoms with Crippen LogP contribution in [0.1, 0.15) is 5.56 Å². The normalized spacial score (nSPS) is 19.3. The van der Waals surface area contributed by atoms with Crippen molar-refractivity contribution < 1.29 is 9.90 Å². The third-order valence-electron chi connectivity index (χ3n) is 2.82. The second-order valence-electron chi connectivity index (χ2n) is 3.90. The van der Waals surface area contributed by atoms with E-state index in [9.17, 15) is 9.90 Å². The largest absolute Gasteiger partial charge is 0.480 e. The van der Waals surface area contributed by atoms with E-state index in [0.29, 0.717) is 22.3 Å². The monoisotopic (exact) mass is 326 g/mol. The zero-order valence-corrected chi connectivity index (χ0v) is 11.9. The summed E-state index contributed by atoms with van der Waals surface area (Å²) in [5.74, 6) is 0.705. The van der Waals surface area contributed by atoms with E-state index in [4.69, 9.17) is 5.26 Å². The van der Waals surface area contributed by atoms with Crippen molar-refractivity contribution in [3.63, 3.8) is 0 Å². The van der Waals surface area contributed by atoms with Crippen molar-refractivity contribution in [2.24, 2.45) is 0 Å². The zero-order valence-electron chi connectivity index (χ0n) is 9.47. The number of carbonyl (C=O) groups is 1. The Hall–Kier alpha value is -1.19. The predicted molar refractivity (Wildman–Crippen MR) is 75.0 cm³/mol. The number of nitriles is 1. The molecule has 18 heavy (non-hydrogen) atoms. The Bertz CT molecular complexity index is 515. The summed E-state index contributed by atoms with van der Waals surface area (Å²) in [6.07, 6.45) is 0. The Morgan fingerprint density at radius 3 is 3.00 bits per heavy atom. The number of benzene rings is 1. The van der Waals surface area contributed by atoms with E-state index < -0.39 is 12.0 Å². The molecule has 0 bridgehead atoms. The van der Waals surface area contributed by atoms with E-state index in [1.807, 2.05) is 11.0 Å². The van der Waals surface area contributed by atoms with Crippen LogP contribution in [0, 0.1) is 11.3 Å². The Morgan fingerprint density at radius 1 is 1.61 bits per heavy atom. The maximum atomic E-state index is 11.2. The second-order valence-corrected chi connectivity index (χ2v) is 5.90. The van der Waals surface area contributed by atoms with Gasteiger partial charge in [-0.15, -0.1) is 0 Å². The molecule has 0 aliphatic carbocycles. The van der Waals surface area contributed by atoms with E-state index >= 15 is 0 Å². The van der Waals surface area contributed by atoms with E-state index in [0.717, 1.165) is 11.4 Å². The van der Waals surface area contributed by atoms with Crippen LogP contribution >= 0.6 is 27.7 Å². The molecule has 4 nitrogen and oxygen atoms in total. The quantitative estimate of drug-likeness (QED) is 0.903. The first-order chi connectivity index (χ1) is 8.63. The first-order valence-electron chi connectivity index (χ1n) is 5.40. The highest BCUT2D eigenvalue weighted by molar-refractivity contribution is 9.10. The SMILES string of the molecule is N#Cc1ccc(N2CCSCC2C(=O)O)cc1Br. The lowest BCUT2D eigenvalue weighted by molar-refractivity contribution is -0.138. The minimum absolute atomic E-state index is 0.497. The number of nitrogens with zero attached hydrogens (tertiary/aromatic N) is 2. The van der Waals surface area contributed by atoms with Gasteiger partial charge in [0, 0.05) is 28.2 Å². The molecule has 0 amide bonds. The minimum Gasteiger partial charge on any atom is -0.480 e. The molecule has 94 valence electrons. The first kappa shape index (κ1) is 13.2. The van der Waals surface area contributed by atoms with E-state index in [2.05, 4.69) is 22.0 Å². The van der Waals surface area contributed by atoms with Crippen LogP contribution in [-0.4, -0.2) is 35.2 Å². The van der Waals surface area contributed by atoms with Crippen LogP contribution in [0.3, 0.4) is 0 Å². The fourth-order valence-electron chi connectivity index (χ4n) is 1.89. The molecule has 1 aliphatic heterocycles. The minimum atomic E-state index is -0.803. The van der Waals surface area contributed by atoms with E-state index in [1.54, 1.807) is 23.9 Å². The number of halogens is 1. The third-order valence-corrected chi connectivity index (χ3v) is 4.50. The third kappa shape index (κ3) is 2.62. The Labute approximate surface area is 118 Å². The summed E-state index contributed by atoms with van der Waals surface area (Å²) in [5.41, 5.74) is 1.39. The number of hydrogen-bond acceptors (Lipinski definition) is 4. The number of hydrogen-bond donors (Lipinski definition) is 1. The summed E-state index contributed by atoms with van der Waals surface area (Å²) in [5, 5.41) is 18.1. The van der Waals surface area contributed by atoms with Crippen LogP contribution in [0.25, 0.3) is 0 Å². The number of carboxylic acid groups (broad SMARTS) is 1. The molecule has 0 saturated carbocycles. The van der Waals surface area contributed by atoms with Gasteiger partial charge < -0.3 is 10.0 Å². The molecule has 0 radical (unpaired) electrons. The smallest absolute Gasteiger partial charge is 0.327 e. The highest BCUT2D eigenvalue weighted by atomic mass is 79.9. The molecular weight excluding hydrogens is 316 g/mol. The van der Waals surface area contributed by atoms with E-state index in [1.165, 1.54) is 0 Å². The molecule has 1 atom stereocenters. The number of anilines is 1. The van der Waals surface area contributed by atoms with Gasteiger partial charge in [-0.1, -0.05) is 0 Å². The van der Waals surface area contributed by atoms with Crippen molar-refractivity contribution in [1.29, 1.82) is 5.26 Å². The van der Waals surface area contributed by atoms with Crippen LogP contribution in [0.5, 0.6) is 0 Å². The lowest BCUT2D eigenvalue weighted by atomic mass is 10.1. The first-order valence-corrected chi connectivity index (χ1v) is 7.35. The Kier molecular flexibility index (Phi) is 4.15. The van der Waals surface area contributed by atoms with Crippen molar-refractivity contribution in [1.82, 2.24) is 0 Å². The Morgan fingerprint density at radius 2 is 2.39 bits per heavy atom. The molecule has 1 heterocycles. The second kappa shape index (κ2) is 5.63. The van der Waals surface area contributed by atoms with Crippen LogP contribution in [0.15, 0.2) is 22.7 Å². The molecule has 0 spiro atoms. The summed E-state index contributed by atoms with van der Waals surface area (Å²) < 4.78 is 0.699. The van der Waals surface area contributed by atoms with E-state index in [-0.39, 0.29) is 0 Å². The molecule has 1 aliphatic rings. The summed E-state index contributed by atoms with van der Waals surface area (Å²) >= 11 is 4.98. The number of aliphatic carboxylic acids is 1. The lowest BCUT2D eigenvalue weighted by Gasteiger charge is -2.34. The predicted octanol–water partition coefficient (Wildman–Crippen LogP) is 2.33.